The third kappa shape index (κ3) is 4.80. The van der Waals surface area contributed by atoms with Crippen LogP contribution in [0.15, 0.2) is 60.7 Å². The molecule has 2 N–H and O–H groups in total. The van der Waals surface area contributed by atoms with Crippen molar-refractivity contribution in [3.63, 3.8) is 0 Å². The van der Waals surface area contributed by atoms with Gasteiger partial charge in [-0.15, -0.1) is 0 Å². The topological polar surface area (TPSA) is 70.8 Å². The molecular formula is C24H22N2O3. The highest BCUT2D eigenvalue weighted by molar-refractivity contribution is 5.99. The molecule has 3 aromatic rings. The van der Waals surface area contributed by atoms with E-state index >= 15 is 0 Å². The first-order valence-corrected chi connectivity index (χ1v) is 9.50. The fourth-order valence-corrected chi connectivity index (χ4v) is 3.42. The zero-order valence-electron chi connectivity index (χ0n) is 16.2. The third-order valence-electron chi connectivity index (χ3n) is 5.00. The number of hydrogen-bond donors (Lipinski definition) is 2. The van der Waals surface area contributed by atoms with Crippen LogP contribution in [0.2, 0.25) is 0 Å². The number of benzene rings is 3. The van der Waals surface area contributed by atoms with Crippen LogP contribution in [0.3, 0.4) is 0 Å². The van der Waals surface area contributed by atoms with E-state index in [1.165, 1.54) is 0 Å². The Hall–Kier alpha value is -3.65. The Kier molecular flexibility index (Phi) is 6.25. The molecule has 0 saturated carbocycles. The number of carboxylic acid groups (broad SMARTS) is 1. The third-order valence-corrected chi connectivity index (χ3v) is 5.00. The number of rotatable bonds is 7. The van der Waals surface area contributed by atoms with Crippen molar-refractivity contribution < 1.29 is 14.7 Å². The lowest BCUT2D eigenvalue weighted by molar-refractivity contribution is -0.137. The number of aliphatic carboxylic acids is 1. The highest BCUT2D eigenvalue weighted by Crippen LogP contribution is 2.29. The van der Waals surface area contributed by atoms with E-state index in [4.69, 9.17) is 11.7 Å². The maximum absolute atomic E-state index is 13.0. The molecule has 0 radical (unpaired) electrons. The van der Waals surface area contributed by atoms with Crippen LogP contribution in [-0.2, 0) is 16.0 Å². The molecule has 0 heterocycles. The van der Waals surface area contributed by atoms with E-state index in [0.29, 0.717) is 24.2 Å². The van der Waals surface area contributed by atoms with Crippen LogP contribution in [0, 0.1) is 6.57 Å². The fourth-order valence-electron chi connectivity index (χ4n) is 3.42. The number of amides is 1. The fraction of sp³-hybridized carbons (Fsp3) is 0.208. The van der Waals surface area contributed by atoms with Crippen LogP contribution >= 0.6 is 0 Å². The highest BCUT2D eigenvalue weighted by Gasteiger charge is 2.19. The summed E-state index contributed by atoms with van der Waals surface area (Å²) in [5.74, 6) is -1.37. The summed E-state index contributed by atoms with van der Waals surface area (Å²) < 4.78 is 0. The second kappa shape index (κ2) is 9.03. The highest BCUT2D eigenvalue weighted by atomic mass is 16.4. The van der Waals surface area contributed by atoms with E-state index in [0.717, 1.165) is 21.9 Å². The molecule has 1 unspecified atom stereocenters. The van der Waals surface area contributed by atoms with Gasteiger partial charge < -0.3 is 10.4 Å². The van der Waals surface area contributed by atoms with E-state index in [9.17, 15) is 9.59 Å². The molecule has 0 saturated heterocycles. The van der Waals surface area contributed by atoms with Gasteiger partial charge in [-0.25, -0.2) is 4.85 Å². The summed E-state index contributed by atoms with van der Waals surface area (Å²) in [7, 11) is 0. The summed E-state index contributed by atoms with van der Waals surface area (Å²) in [6.07, 6.45) is 0.967. The predicted molar refractivity (Wildman–Crippen MR) is 114 cm³/mol. The van der Waals surface area contributed by atoms with Gasteiger partial charge >= 0.3 is 5.97 Å². The number of nitrogens with zero attached hydrogens (tertiary/aromatic N) is 1. The summed E-state index contributed by atoms with van der Waals surface area (Å²) in [6.45, 7) is 9.07. The summed E-state index contributed by atoms with van der Waals surface area (Å²) >= 11 is 0. The van der Waals surface area contributed by atoms with Gasteiger partial charge in [-0.3, -0.25) is 9.59 Å². The Morgan fingerprint density at radius 1 is 1.10 bits per heavy atom. The maximum Gasteiger partial charge on any atom is 0.303 e. The van der Waals surface area contributed by atoms with Gasteiger partial charge in [0.05, 0.1) is 12.5 Å². The molecule has 3 rings (SSSR count). The molecule has 29 heavy (non-hydrogen) atoms. The van der Waals surface area contributed by atoms with Crippen molar-refractivity contribution in [3.05, 3.63) is 83.2 Å². The quantitative estimate of drug-likeness (QED) is 0.524. The molecule has 0 spiro atoms. The van der Waals surface area contributed by atoms with Crippen LogP contribution in [0.25, 0.3) is 15.6 Å². The number of carbonyl (C=O) groups excluding carboxylic acids is 1. The van der Waals surface area contributed by atoms with E-state index in [1.807, 2.05) is 49.4 Å². The monoisotopic (exact) mass is 386 g/mol. The van der Waals surface area contributed by atoms with Gasteiger partial charge in [0.15, 0.2) is 5.69 Å². The molecule has 5 heteroatoms. The average molecular weight is 386 g/mol. The number of nitrogens with one attached hydrogen (secondary N) is 1. The molecular weight excluding hydrogens is 364 g/mol. The molecule has 1 atom stereocenters. The molecule has 0 aliphatic heterocycles. The number of carboxylic acids is 1. The summed E-state index contributed by atoms with van der Waals surface area (Å²) in [5.41, 5.74) is 2.82. The molecule has 0 bridgehead atoms. The van der Waals surface area contributed by atoms with E-state index in [2.05, 4.69) is 10.2 Å². The Labute approximate surface area is 169 Å². The van der Waals surface area contributed by atoms with Gasteiger partial charge in [-0.2, -0.15) is 0 Å². The van der Waals surface area contributed by atoms with Crippen molar-refractivity contribution in [2.24, 2.45) is 0 Å². The first-order chi connectivity index (χ1) is 14.0. The minimum absolute atomic E-state index is 0.0437. The second-order valence-electron chi connectivity index (χ2n) is 6.98. The molecule has 146 valence electrons. The number of fused-ring (bicyclic) bond motifs is 1. The maximum atomic E-state index is 13.0. The molecule has 0 aliphatic carbocycles. The minimum Gasteiger partial charge on any atom is -0.481 e. The van der Waals surface area contributed by atoms with Crippen LogP contribution in [0.1, 0.15) is 36.8 Å². The van der Waals surface area contributed by atoms with Crippen LogP contribution in [0.4, 0.5) is 11.4 Å². The zero-order chi connectivity index (χ0) is 20.8. The normalized spacial score (nSPS) is 11.6. The molecule has 3 aromatic carbocycles. The largest absolute Gasteiger partial charge is 0.481 e. The lowest BCUT2D eigenvalue weighted by Gasteiger charge is -2.17. The lowest BCUT2D eigenvalue weighted by atomic mass is 9.94. The standard InChI is InChI=1S/C24H22N2O3/c1-16(20-11-5-8-17-7-3-4-10-21(17)20)24(29)26-22-14-13-19(25-2)15-18(22)9-6-12-23(27)28/h3-5,7-8,10-11,13-16H,6,9,12H2,1H3,(H,26,29)(H,27,28). The molecule has 1 amide bonds. The first kappa shape index (κ1) is 20.1. The SMILES string of the molecule is [C-]#[N+]c1ccc(NC(=O)C(C)c2cccc3ccccc23)c(CCCC(=O)O)c1. The Morgan fingerprint density at radius 3 is 2.62 bits per heavy atom. The second-order valence-corrected chi connectivity index (χ2v) is 6.98. The van der Waals surface area contributed by atoms with E-state index in [1.54, 1.807) is 18.2 Å². The average Bonchev–Trinajstić information content (AvgIpc) is 2.73. The summed E-state index contributed by atoms with van der Waals surface area (Å²) in [4.78, 5) is 27.2. The smallest absolute Gasteiger partial charge is 0.303 e. The van der Waals surface area contributed by atoms with Crippen LogP contribution in [0.5, 0.6) is 0 Å². The van der Waals surface area contributed by atoms with Crippen LogP contribution < -0.4 is 5.32 Å². The van der Waals surface area contributed by atoms with Gasteiger partial charge in [0, 0.05) is 12.1 Å². The van der Waals surface area contributed by atoms with Crippen LogP contribution in [-0.4, -0.2) is 17.0 Å². The Morgan fingerprint density at radius 2 is 1.86 bits per heavy atom. The van der Waals surface area contributed by atoms with E-state index in [-0.39, 0.29) is 18.2 Å². The molecule has 5 nitrogen and oxygen atoms in total. The van der Waals surface area contributed by atoms with Crippen molar-refractivity contribution in [1.29, 1.82) is 0 Å². The Balaban J connectivity index is 1.84. The number of hydrogen-bond acceptors (Lipinski definition) is 2. The zero-order valence-corrected chi connectivity index (χ0v) is 16.2. The van der Waals surface area contributed by atoms with E-state index < -0.39 is 5.97 Å². The van der Waals surface area contributed by atoms with Gasteiger partial charge in [0.25, 0.3) is 0 Å². The number of aryl methyl sites for hydroxylation is 1. The van der Waals surface area contributed by atoms with Gasteiger partial charge in [-0.05, 0) is 47.7 Å². The van der Waals surface area contributed by atoms with Crippen molar-refractivity contribution in [3.8, 4) is 0 Å². The van der Waals surface area contributed by atoms with Crippen molar-refractivity contribution in [1.82, 2.24) is 0 Å². The molecule has 0 fully saturated rings. The van der Waals surface area contributed by atoms with Gasteiger partial charge in [0.2, 0.25) is 5.91 Å². The minimum atomic E-state index is -0.860. The lowest BCUT2D eigenvalue weighted by Crippen LogP contribution is -2.20. The van der Waals surface area contributed by atoms with Gasteiger partial charge in [0.1, 0.15) is 0 Å². The number of anilines is 1. The molecule has 0 aliphatic rings. The van der Waals surface area contributed by atoms with Crippen molar-refractivity contribution >= 4 is 34.0 Å². The summed E-state index contributed by atoms with van der Waals surface area (Å²) in [5, 5.41) is 14.0. The van der Waals surface area contributed by atoms with Gasteiger partial charge in [-0.1, -0.05) is 54.6 Å². The number of carbonyl (C=O) groups is 2. The Bertz CT molecular complexity index is 1090. The summed E-state index contributed by atoms with van der Waals surface area (Å²) in [6, 6.07) is 19.0. The first-order valence-electron chi connectivity index (χ1n) is 9.50. The molecule has 0 aromatic heterocycles. The van der Waals surface area contributed by atoms with Crippen molar-refractivity contribution in [2.45, 2.75) is 32.1 Å². The van der Waals surface area contributed by atoms with Crippen molar-refractivity contribution in [2.75, 3.05) is 5.32 Å². The predicted octanol–water partition coefficient (Wildman–Crippen LogP) is 5.54.